The molecule has 0 bridgehead atoms. The summed E-state index contributed by atoms with van der Waals surface area (Å²) < 4.78 is 0.815. The summed E-state index contributed by atoms with van der Waals surface area (Å²) in [5.41, 5.74) is 1.04. The van der Waals surface area contributed by atoms with Gasteiger partial charge in [-0.1, -0.05) is 11.6 Å². The largest absolute Gasteiger partial charge is 0.319 e. The van der Waals surface area contributed by atoms with Gasteiger partial charge >= 0.3 is 0 Å². The van der Waals surface area contributed by atoms with E-state index in [2.05, 4.69) is 15.7 Å². The van der Waals surface area contributed by atoms with Crippen molar-refractivity contribution in [3.63, 3.8) is 0 Å². The Bertz CT molecular complexity index is 436. The summed E-state index contributed by atoms with van der Waals surface area (Å²) in [5, 5.41) is 6.38. The van der Waals surface area contributed by atoms with Crippen molar-refractivity contribution in [2.24, 2.45) is 0 Å². The lowest BCUT2D eigenvalue weighted by atomic mass is 10.4. The first-order chi connectivity index (χ1) is 7.29. The molecule has 0 aliphatic rings. The van der Waals surface area contributed by atoms with Crippen molar-refractivity contribution in [2.75, 3.05) is 13.6 Å². The zero-order valence-corrected chi connectivity index (χ0v) is 10.7. The zero-order chi connectivity index (χ0) is 10.7. The van der Waals surface area contributed by atoms with Gasteiger partial charge in [0, 0.05) is 18.3 Å². The molecule has 2 aromatic rings. The Kier molecular flexibility index (Phi) is 3.75. The third-order valence-electron chi connectivity index (χ3n) is 1.97. The molecular formula is C10H11ClN2S2. The van der Waals surface area contributed by atoms with Crippen LogP contribution in [0.25, 0.3) is 10.6 Å². The average molecular weight is 259 g/mol. The number of hydrogen-bond acceptors (Lipinski definition) is 4. The molecule has 0 unspecified atom stereocenters. The smallest absolute Gasteiger partial charge is 0.0945 e. The second-order valence-corrected chi connectivity index (χ2v) is 5.74. The minimum Gasteiger partial charge on any atom is -0.319 e. The molecule has 1 N–H and O–H groups in total. The van der Waals surface area contributed by atoms with Crippen LogP contribution in [0.3, 0.4) is 0 Å². The highest BCUT2D eigenvalue weighted by atomic mass is 35.5. The highest BCUT2D eigenvalue weighted by molar-refractivity contribution is 7.19. The molecule has 2 heterocycles. The van der Waals surface area contributed by atoms with E-state index < -0.39 is 0 Å². The van der Waals surface area contributed by atoms with Gasteiger partial charge in [0.2, 0.25) is 0 Å². The highest BCUT2D eigenvalue weighted by Crippen LogP contribution is 2.31. The van der Waals surface area contributed by atoms with Crippen molar-refractivity contribution in [1.29, 1.82) is 0 Å². The lowest BCUT2D eigenvalue weighted by molar-refractivity contribution is 0.788. The highest BCUT2D eigenvalue weighted by Gasteiger charge is 2.06. The van der Waals surface area contributed by atoms with Gasteiger partial charge in [-0.2, -0.15) is 0 Å². The second-order valence-electron chi connectivity index (χ2n) is 3.08. The van der Waals surface area contributed by atoms with Gasteiger partial charge in [0.25, 0.3) is 0 Å². The minimum absolute atomic E-state index is 0.815. The van der Waals surface area contributed by atoms with Crippen molar-refractivity contribution in [2.45, 2.75) is 6.42 Å². The summed E-state index contributed by atoms with van der Waals surface area (Å²) in [4.78, 5) is 5.71. The zero-order valence-electron chi connectivity index (χ0n) is 8.29. The molecular weight excluding hydrogens is 248 g/mol. The lowest BCUT2D eigenvalue weighted by Crippen LogP contribution is -2.09. The van der Waals surface area contributed by atoms with Crippen LogP contribution in [-0.4, -0.2) is 18.6 Å². The van der Waals surface area contributed by atoms with Crippen LogP contribution in [0.5, 0.6) is 0 Å². The number of aromatic nitrogens is 1. The maximum absolute atomic E-state index is 5.88. The number of likely N-dealkylation sites (N-methyl/N-ethyl adjacent to an activating group) is 1. The molecule has 0 atom stereocenters. The SMILES string of the molecule is CNCCc1nc(-c2ccc(Cl)s2)cs1. The van der Waals surface area contributed by atoms with E-state index in [0.717, 1.165) is 27.9 Å². The first-order valence-electron chi connectivity index (χ1n) is 4.64. The van der Waals surface area contributed by atoms with Crippen LogP contribution in [0.4, 0.5) is 0 Å². The third-order valence-corrected chi connectivity index (χ3v) is 4.13. The number of rotatable bonds is 4. The van der Waals surface area contributed by atoms with Gasteiger partial charge in [0.1, 0.15) is 0 Å². The van der Waals surface area contributed by atoms with Crippen LogP contribution in [0.15, 0.2) is 17.5 Å². The fraction of sp³-hybridized carbons (Fsp3) is 0.300. The first kappa shape index (κ1) is 11.1. The fourth-order valence-corrected chi connectivity index (χ4v) is 3.10. The van der Waals surface area contributed by atoms with E-state index in [4.69, 9.17) is 11.6 Å². The van der Waals surface area contributed by atoms with Crippen LogP contribution >= 0.6 is 34.3 Å². The maximum Gasteiger partial charge on any atom is 0.0945 e. The summed E-state index contributed by atoms with van der Waals surface area (Å²) in [6.07, 6.45) is 0.986. The molecule has 5 heteroatoms. The Labute approximate surface area is 102 Å². The van der Waals surface area contributed by atoms with Crippen LogP contribution in [0.2, 0.25) is 4.34 Å². The first-order valence-corrected chi connectivity index (χ1v) is 6.71. The third kappa shape index (κ3) is 2.78. The molecule has 0 saturated carbocycles. The maximum atomic E-state index is 5.88. The molecule has 2 aromatic heterocycles. The summed E-state index contributed by atoms with van der Waals surface area (Å²) in [6.45, 7) is 0.970. The van der Waals surface area contributed by atoms with E-state index in [1.165, 1.54) is 5.01 Å². The predicted octanol–water partition coefficient (Wildman–Crippen LogP) is 3.29. The number of thiazole rings is 1. The Morgan fingerprint density at radius 1 is 1.47 bits per heavy atom. The van der Waals surface area contributed by atoms with Gasteiger partial charge in [-0.3, -0.25) is 0 Å². The molecule has 15 heavy (non-hydrogen) atoms. The van der Waals surface area contributed by atoms with Crippen LogP contribution in [-0.2, 0) is 6.42 Å². The monoisotopic (exact) mass is 258 g/mol. The Hall–Kier alpha value is -0.420. The van der Waals surface area contributed by atoms with Crippen molar-refractivity contribution >= 4 is 34.3 Å². The van der Waals surface area contributed by atoms with Gasteiger partial charge in [0.05, 0.1) is 19.9 Å². The number of hydrogen-bond donors (Lipinski definition) is 1. The normalized spacial score (nSPS) is 10.8. The van der Waals surface area contributed by atoms with Crippen LogP contribution in [0.1, 0.15) is 5.01 Å². The molecule has 0 saturated heterocycles. The predicted molar refractivity (Wildman–Crippen MR) is 68.1 cm³/mol. The molecule has 80 valence electrons. The van der Waals surface area contributed by atoms with Crippen molar-refractivity contribution in [3.8, 4) is 10.6 Å². The topological polar surface area (TPSA) is 24.9 Å². The number of thiophene rings is 1. The van der Waals surface area contributed by atoms with E-state index >= 15 is 0 Å². The average Bonchev–Trinajstić information content (AvgIpc) is 2.83. The molecule has 0 aromatic carbocycles. The molecule has 0 radical (unpaired) electrons. The fourth-order valence-electron chi connectivity index (χ4n) is 1.22. The lowest BCUT2D eigenvalue weighted by Gasteiger charge is -1.93. The van der Waals surface area contributed by atoms with Crippen LogP contribution in [0, 0.1) is 0 Å². The quantitative estimate of drug-likeness (QED) is 0.910. The molecule has 2 nitrogen and oxygen atoms in total. The van der Waals surface area contributed by atoms with E-state index in [1.54, 1.807) is 22.7 Å². The van der Waals surface area contributed by atoms with Crippen LogP contribution < -0.4 is 5.32 Å². The van der Waals surface area contributed by atoms with Gasteiger partial charge in [-0.15, -0.1) is 22.7 Å². The number of nitrogens with one attached hydrogen (secondary N) is 1. The Morgan fingerprint density at radius 2 is 2.33 bits per heavy atom. The van der Waals surface area contributed by atoms with E-state index in [1.807, 2.05) is 19.2 Å². The van der Waals surface area contributed by atoms with Gasteiger partial charge in [-0.05, 0) is 19.2 Å². The summed E-state index contributed by atoms with van der Waals surface area (Å²) >= 11 is 9.16. The van der Waals surface area contributed by atoms with E-state index in [0.29, 0.717) is 0 Å². The summed E-state index contributed by atoms with van der Waals surface area (Å²) in [7, 11) is 1.95. The molecule has 0 fully saturated rings. The molecule has 0 aliphatic heterocycles. The minimum atomic E-state index is 0.815. The Morgan fingerprint density at radius 3 is 3.00 bits per heavy atom. The summed E-state index contributed by atoms with van der Waals surface area (Å²) in [6, 6.07) is 3.93. The Balaban J connectivity index is 2.13. The van der Waals surface area contributed by atoms with E-state index in [-0.39, 0.29) is 0 Å². The molecule has 0 aliphatic carbocycles. The molecule has 0 spiro atoms. The van der Waals surface area contributed by atoms with Gasteiger partial charge in [0.15, 0.2) is 0 Å². The van der Waals surface area contributed by atoms with Crippen molar-refractivity contribution < 1.29 is 0 Å². The molecule has 2 rings (SSSR count). The number of halogens is 1. The van der Waals surface area contributed by atoms with E-state index in [9.17, 15) is 0 Å². The number of nitrogens with zero attached hydrogens (tertiary/aromatic N) is 1. The molecule has 0 amide bonds. The van der Waals surface area contributed by atoms with Gasteiger partial charge in [-0.25, -0.2) is 4.98 Å². The van der Waals surface area contributed by atoms with Crippen molar-refractivity contribution in [1.82, 2.24) is 10.3 Å². The standard InChI is InChI=1S/C10H11ClN2S2/c1-12-5-4-10-13-7(6-14-10)8-2-3-9(11)15-8/h2-3,6,12H,4-5H2,1H3. The summed E-state index contributed by atoms with van der Waals surface area (Å²) in [5.74, 6) is 0. The van der Waals surface area contributed by atoms with Crippen molar-refractivity contribution in [3.05, 3.63) is 26.9 Å². The van der Waals surface area contributed by atoms with Gasteiger partial charge < -0.3 is 5.32 Å². The second kappa shape index (κ2) is 5.07.